The molecule has 1 aromatic rings. The zero-order chi connectivity index (χ0) is 15.0. The van der Waals surface area contributed by atoms with Gasteiger partial charge in [0.25, 0.3) is 0 Å². The first-order valence-corrected chi connectivity index (χ1v) is 10.2. The van der Waals surface area contributed by atoms with E-state index in [4.69, 9.17) is 11.6 Å². The first kappa shape index (κ1) is 15.7. The second kappa shape index (κ2) is 6.16. The Bertz CT molecular complexity index is 608. The fraction of sp³-hybridized carbons (Fsp3) is 0.714. The van der Waals surface area contributed by atoms with Gasteiger partial charge in [-0.2, -0.15) is 4.31 Å². The molecule has 0 amide bonds. The van der Waals surface area contributed by atoms with Crippen molar-refractivity contribution in [2.45, 2.75) is 43.0 Å². The summed E-state index contributed by atoms with van der Waals surface area (Å²) in [6.45, 7) is 5.36. The van der Waals surface area contributed by atoms with Gasteiger partial charge in [-0.05, 0) is 45.3 Å². The first-order chi connectivity index (χ1) is 10.0. The molecule has 0 spiro atoms. The molecule has 21 heavy (non-hydrogen) atoms. The Kier molecular flexibility index (Phi) is 4.62. The minimum Gasteiger partial charge on any atom is -0.299 e. The van der Waals surface area contributed by atoms with E-state index >= 15 is 0 Å². The predicted molar refractivity (Wildman–Crippen MR) is 86.6 cm³/mol. The van der Waals surface area contributed by atoms with Crippen LogP contribution in [0.1, 0.15) is 29.0 Å². The summed E-state index contributed by atoms with van der Waals surface area (Å²) in [4.78, 5) is 4.66. The third-order valence-corrected chi connectivity index (χ3v) is 8.07. The van der Waals surface area contributed by atoms with Gasteiger partial charge in [-0.1, -0.05) is 0 Å². The average molecular weight is 349 g/mol. The number of aryl methyl sites for hydroxylation is 1. The van der Waals surface area contributed by atoms with Crippen molar-refractivity contribution in [3.05, 3.63) is 15.8 Å². The van der Waals surface area contributed by atoms with E-state index < -0.39 is 10.0 Å². The van der Waals surface area contributed by atoms with Crippen LogP contribution in [0, 0.1) is 6.92 Å². The van der Waals surface area contributed by atoms with Crippen LogP contribution >= 0.6 is 22.9 Å². The van der Waals surface area contributed by atoms with Gasteiger partial charge >= 0.3 is 0 Å². The highest BCUT2D eigenvalue weighted by molar-refractivity contribution is 7.89. The van der Waals surface area contributed by atoms with Crippen LogP contribution in [0.15, 0.2) is 11.0 Å². The fourth-order valence-corrected chi connectivity index (χ4v) is 6.51. The highest BCUT2D eigenvalue weighted by Crippen LogP contribution is 2.32. The maximum Gasteiger partial charge on any atom is 0.244 e. The van der Waals surface area contributed by atoms with E-state index in [-0.39, 0.29) is 0 Å². The van der Waals surface area contributed by atoms with Crippen LogP contribution in [-0.2, 0) is 15.9 Å². The zero-order valence-electron chi connectivity index (χ0n) is 12.2. The van der Waals surface area contributed by atoms with Crippen LogP contribution in [0.2, 0.25) is 0 Å². The highest BCUT2D eigenvalue weighted by atomic mass is 35.5. The van der Waals surface area contributed by atoms with Crippen molar-refractivity contribution >= 4 is 33.0 Å². The molecule has 1 aromatic heterocycles. The average Bonchev–Trinajstić information content (AvgIpc) is 3.18. The van der Waals surface area contributed by atoms with E-state index in [0.717, 1.165) is 29.3 Å². The molecule has 0 radical (unpaired) electrons. The van der Waals surface area contributed by atoms with Crippen LogP contribution < -0.4 is 0 Å². The molecule has 0 N–H and O–H groups in total. The van der Waals surface area contributed by atoms with Gasteiger partial charge in [0.2, 0.25) is 10.0 Å². The summed E-state index contributed by atoms with van der Waals surface area (Å²) in [6, 6.07) is 2.14. The van der Waals surface area contributed by atoms with E-state index in [0.29, 0.717) is 29.9 Å². The monoisotopic (exact) mass is 348 g/mol. The third kappa shape index (κ3) is 3.01. The van der Waals surface area contributed by atoms with Crippen molar-refractivity contribution in [3.8, 4) is 0 Å². The second-order valence-electron chi connectivity index (χ2n) is 5.82. The number of likely N-dealkylation sites (tertiary alicyclic amines) is 1. The lowest BCUT2D eigenvalue weighted by atomic mass is 10.2. The van der Waals surface area contributed by atoms with E-state index in [9.17, 15) is 8.42 Å². The molecule has 2 saturated heterocycles. The van der Waals surface area contributed by atoms with Gasteiger partial charge in [0.05, 0.1) is 10.8 Å². The van der Waals surface area contributed by atoms with Gasteiger partial charge in [-0.3, -0.25) is 4.90 Å². The summed E-state index contributed by atoms with van der Waals surface area (Å²) in [6.07, 6.45) is 3.43. The molecule has 1 unspecified atom stereocenters. The Morgan fingerprint density at radius 1 is 1.33 bits per heavy atom. The van der Waals surface area contributed by atoms with Crippen LogP contribution in [0.5, 0.6) is 0 Å². The second-order valence-corrected chi connectivity index (χ2v) is 9.33. The third-order valence-electron chi connectivity index (χ3n) is 4.46. The number of hydrogen-bond acceptors (Lipinski definition) is 4. The molecule has 2 aliphatic rings. The maximum absolute atomic E-state index is 12.8. The Morgan fingerprint density at radius 2 is 2.05 bits per heavy atom. The van der Waals surface area contributed by atoms with Crippen LogP contribution in [-0.4, -0.2) is 49.8 Å². The molecule has 0 aromatic carbocycles. The van der Waals surface area contributed by atoms with Gasteiger partial charge in [-0.25, -0.2) is 8.42 Å². The Morgan fingerprint density at radius 3 is 2.67 bits per heavy atom. The van der Waals surface area contributed by atoms with E-state index in [1.165, 1.54) is 24.2 Å². The maximum atomic E-state index is 12.8. The summed E-state index contributed by atoms with van der Waals surface area (Å²) in [5.74, 6) is 0.372. The molecule has 2 fully saturated rings. The van der Waals surface area contributed by atoms with Gasteiger partial charge in [0.15, 0.2) is 0 Å². The molecule has 0 aliphatic carbocycles. The van der Waals surface area contributed by atoms with Gasteiger partial charge in [0.1, 0.15) is 0 Å². The number of sulfonamides is 1. The number of nitrogens with zero attached hydrogens (tertiary/aromatic N) is 2. The van der Waals surface area contributed by atoms with Crippen molar-refractivity contribution in [1.82, 2.24) is 9.21 Å². The molecule has 3 heterocycles. The number of halogens is 1. The lowest BCUT2D eigenvalue weighted by molar-refractivity contribution is 0.251. The minimum absolute atomic E-state index is 0.372. The molecule has 7 heteroatoms. The number of alkyl halides is 1. The van der Waals surface area contributed by atoms with Crippen molar-refractivity contribution in [3.63, 3.8) is 0 Å². The highest BCUT2D eigenvalue weighted by Gasteiger charge is 2.36. The van der Waals surface area contributed by atoms with E-state index in [2.05, 4.69) is 4.90 Å². The van der Waals surface area contributed by atoms with Crippen LogP contribution in [0.25, 0.3) is 0 Å². The smallest absolute Gasteiger partial charge is 0.244 e. The quantitative estimate of drug-likeness (QED) is 0.785. The number of hydrogen-bond donors (Lipinski definition) is 0. The predicted octanol–water partition coefficient (Wildman–Crippen LogP) is 2.65. The van der Waals surface area contributed by atoms with E-state index in [1.807, 2.05) is 6.92 Å². The normalized spacial score (nSPS) is 25.0. The van der Waals surface area contributed by atoms with Gasteiger partial charge in [-0.15, -0.1) is 22.9 Å². The summed E-state index contributed by atoms with van der Waals surface area (Å²) < 4.78 is 27.3. The lowest BCUT2D eigenvalue weighted by Crippen LogP contribution is -2.37. The molecule has 118 valence electrons. The topological polar surface area (TPSA) is 40.6 Å². The standard InChI is InChI=1S/C14H21ClN2O2S2/c1-11-14(8-13(9-15)20-11)21(18,19)17-7-4-12(10-17)16-5-2-3-6-16/h8,12H,2-7,9-10H2,1H3. The van der Waals surface area contributed by atoms with E-state index in [1.54, 1.807) is 10.4 Å². The Labute approximate surface area is 135 Å². The summed E-state index contributed by atoms with van der Waals surface area (Å²) >= 11 is 7.30. The molecule has 0 bridgehead atoms. The zero-order valence-corrected chi connectivity index (χ0v) is 14.6. The molecular formula is C14H21ClN2O2S2. The molecule has 2 aliphatic heterocycles. The van der Waals surface area contributed by atoms with Crippen molar-refractivity contribution in [2.24, 2.45) is 0 Å². The molecule has 4 nitrogen and oxygen atoms in total. The fourth-order valence-electron chi connectivity index (χ4n) is 3.32. The number of rotatable bonds is 4. The first-order valence-electron chi connectivity index (χ1n) is 7.42. The summed E-state index contributed by atoms with van der Waals surface area (Å²) in [5, 5.41) is 0. The SMILES string of the molecule is Cc1sc(CCl)cc1S(=O)(=O)N1CCC(N2CCCC2)C1. The van der Waals surface area contributed by atoms with Gasteiger partial charge in [0, 0.05) is 28.9 Å². The summed E-state index contributed by atoms with van der Waals surface area (Å²) in [5.41, 5.74) is 0. The number of thiophene rings is 1. The van der Waals surface area contributed by atoms with Crippen LogP contribution in [0.3, 0.4) is 0 Å². The molecule has 1 atom stereocenters. The largest absolute Gasteiger partial charge is 0.299 e. The van der Waals surface area contributed by atoms with Crippen LogP contribution in [0.4, 0.5) is 0 Å². The summed E-state index contributed by atoms with van der Waals surface area (Å²) in [7, 11) is -3.36. The van der Waals surface area contributed by atoms with Gasteiger partial charge < -0.3 is 0 Å². The molecule has 0 saturated carbocycles. The van der Waals surface area contributed by atoms with Crippen molar-refractivity contribution in [1.29, 1.82) is 0 Å². The Balaban J connectivity index is 1.77. The van der Waals surface area contributed by atoms with Crippen molar-refractivity contribution < 1.29 is 8.42 Å². The minimum atomic E-state index is -3.36. The molecule has 3 rings (SSSR count). The lowest BCUT2D eigenvalue weighted by Gasteiger charge is -2.23. The van der Waals surface area contributed by atoms with Crippen molar-refractivity contribution in [2.75, 3.05) is 26.2 Å². The molecular weight excluding hydrogens is 328 g/mol. The Hall–Kier alpha value is -0.140.